The SMILES string of the molecule is Cc1nc2c(-c3ccccn3)cnn2c(NCc2ccccn2)c1C. The van der Waals surface area contributed by atoms with Crippen molar-refractivity contribution in [2.45, 2.75) is 20.4 Å². The van der Waals surface area contributed by atoms with E-state index in [1.54, 1.807) is 12.4 Å². The fraction of sp³-hybridized carbons (Fsp3) is 0.158. The van der Waals surface area contributed by atoms with Crippen LogP contribution in [0.4, 0.5) is 5.82 Å². The molecule has 0 radical (unpaired) electrons. The van der Waals surface area contributed by atoms with E-state index < -0.39 is 0 Å². The van der Waals surface area contributed by atoms with Crippen LogP contribution in [0, 0.1) is 13.8 Å². The largest absolute Gasteiger partial charge is 0.364 e. The van der Waals surface area contributed by atoms with E-state index in [1.807, 2.05) is 61.0 Å². The zero-order chi connectivity index (χ0) is 17.2. The maximum Gasteiger partial charge on any atom is 0.167 e. The summed E-state index contributed by atoms with van der Waals surface area (Å²) in [5, 5.41) is 8.00. The van der Waals surface area contributed by atoms with Crippen molar-refractivity contribution in [1.29, 1.82) is 0 Å². The molecule has 4 aromatic heterocycles. The third kappa shape index (κ3) is 2.82. The Labute approximate surface area is 145 Å². The molecule has 6 nitrogen and oxygen atoms in total. The quantitative estimate of drug-likeness (QED) is 0.621. The molecule has 4 heterocycles. The van der Waals surface area contributed by atoms with Gasteiger partial charge in [-0.15, -0.1) is 0 Å². The third-order valence-electron chi connectivity index (χ3n) is 4.23. The highest BCUT2D eigenvalue weighted by atomic mass is 15.3. The highest BCUT2D eigenvalue weighted by Crippen LogP contribution is 2.26. The summed E-state index contributed by atoms with van der Waals surface area (Å²) >= 11 is 0. The van der Waals surface area contributed by atoms with E-state index in [0.717, 1.165) is 39.7 Å². The van der Waals surface area contributed by atoms with E-state index in [0.29, 0.717) is 6.54 Å². The molecule has 0 atom stereocenters. The first-order valence-corrected chi connectivity index (χ1v) is 8.14. The summed E-state index contributed by atoms with van der Waals surface area (Å²) in [6, 6.07) is 11.7. The number of pyridine rings is 2. The molecule has 0 fully saturated rings. The smallest absolute Gasteiger partial charge is 0.167 e. The van der Waals surface area contributed by atoms with Crippen molar-refractivity contribution >= 4 is 11.5 Å². The lowest BCUT2D eigenvalue weighted by atomic mass is 10.2. The molecule has 124 valence electrons. The van der Waals surface area contributed by atoms with Gasteiger partial charge < -0.3 is 5.32 Å². The number of aromatic nitrogens is 5. The first-order chi connectivity index (χ1) is 12.2. The van der Waals surface area contributed by atoms with Crippen molar-refractivity contribution in [3.63, 3.8) is 0 Å². The summed E-state index contributed by atoms with van der Waals surface area (Å²) < 4.78 is 1.84. The number of hydrogen-bond acceptors (Lipinski definition) is 5. The number of hydrogen-bond donors (Lipinski definition) is 1. The van der Waals surface area contributed by atoms with Gasteiger partial charge in [-0.2, -0.15) is 9.61 Å². The number of aryl methyl sites for hydroxylation is 1. The van der Waals surface area contributed by atoms with Crippen LogP contribution in [0.25, 0.3) is 16.9 Å². The molecule has 0 saturated heterocycles. The lowest BCUT2D eigenvalue weighted by molar-refractivity contribution is 0.897. The minimum absolute atomic E-state index is 0.624. The Balaban J connectivity index is 1.78. The van der Waals surface area contributed by atoms with Crippen LogP contribution >= 0.6 is 0 Å². The summed E-state index contributed by atoms with van der Waals surface area (Å²) in [4.78, 5) is 13.5. The summed E-state index contributed by atoms with van der Waals surface area (Å²) in [5.41, 5.74) is 5.59. The first kappa shape index (κ1) is 15.3. The molecule has 4 rings (SSSR count). The van der Waals surface area contributed by atoms with Gasteiger partial charge >= 0.3 is 0 Å². The molecule has 0 aromatic carbocycles. The van der Waals surface area contributed by atoms with Gasteiger partial charge in [0.25, 0.3) is 0 Å². The highest BCUT2D eigenvalue weighted by molar-refractivity contribution is 5.76. The molecule has 0 aliphatic rings. The van der Waals surface area contributed by atoms with Crippen molar-refractivity contribution in [3.05, 3.63) is 71.9 Å². The third-order valence-corrected chi connectivity index (χ3v) is 4.23. The molecule has 0 bridgehead atoms. The molecule has 0 spiro atoms. The number of nitrogens with one attached hydrogen (secondary N) is 1. The van der Waals surface area contributed by atoms with E-state index in [2.05, 4.69) is 20.4 Å². The lowest BCUT2D eigenvalue weighted by Crippen LogP contribution is -2.10. The average Bonchev–Trinajstić information content (AvgIpc) is 3.07. The molecule has 1 N–H and O–H groups in total. The second-order valence-corrected chi connectivity index (χ2v) is 5.85. The first-order valence-electron chi connectivity index (χ1n) is 8.14. The highest BCUT2D eigenvalue weighted by Gasteiger charge is 2.15. The van der Waals surface area contributed by atoms with E-state index in [1.165, 1.54) is 0 Å². The predicted octanol–water partition coefficient (Wildman–Crippen LogP) is 3.42. The van der Waals surface area contributed by atoms with Crippen LogP contribution in [0.3, 0.4) is 0 Å². The van der Waals surface area contributed by atoms with Crippen molar-refractivity contribution in [1.82, 2.24) is 24.6 Å². The molecule has 0 aliphatic heterocycles. The Morgan fingerprint density at radius 1 is 1.00 bits per heavy atom. The van der Waals surface area contributed by atoms with Crippen LogP contribution in [-0.2, 0) is 6.54 Å². The van der Waals surface area contributed by atoms with Gasteiger partial charge in [-0.3, -0.25) is 9.97 Å². The Kier molecular flexibility index (Phi) is 3.85. The molecule has 0 unspecified atom stereocenters. The van der Waals surface area contributed by atoms with Crippen molar-refractivity contribution < 1.29 is 0 Å². The van der Waals surface area contributed by atoms with Gasteiger partial charge in [0.05, 0.1) is 29.7 Å². The van der Waals surface area contributed by atoms with Crippen molar-refractivity contribution in [2.75, 3.05) is 5.32 Å². The van der Waals surface area contributed by atoms with E-state index in [-0.39, 0.29) is 0 Å². The Bertz CT molecular complexity index is 1010. The van der Waals surface area contributed by atoms with Crippen molar-refractivity contribution in [3.8, 4) is 11.3 Å². The standard InChI is InChI=1S/C19H18N6/c1-13-14(2)24-19-16(17-8-4-6-10-21-17)12-23-25(19)18(13)22-11-15-7-3-5-9-20-15/h3-10,12,22H,11H2,1-2H3. The predicted molar refractivity (Wildman–Crippen MR) is 97.3 cm³/mol. The van der Waals surface area contributed by atoms with E-state index in [4.69, 9.17) is 4.98 Å². The molecule has 0 aliphatic carbocycles. The minimum Gasteiger partial charge on any atom is -0.364 e. The van der Waals surface area contributed by atoms with Crippen LogP contribution in [0.5, 0.6) is 0 Å². The van der Waals surface area contributed by atoms with Gasteiger partial charge in [0.2, 0.25) is 0 Å². The Morgan fingerprint density at radius 3 is 2.52 bits per heavy atom. The lowest BCUT2D eigenvalue weighted by Gasteiger charge is -2.13. The summed E-state index contributed by atoms with van der Waals surface area (Å²) in [5.74, 6) is 0.926. The second kappa shape index (κ2) is 6.32. The van der Waals surface area contributed by atoms with Crippen molar-refractivity contribution in [2.24, 2.45) is 0 Å². The van der Waals surface area contributed by atoms with Gasteiger partial charge in [0.15, 0.2) is 5.65 Å². The molecule has 4 aromatic rings. The van der Waals surface area contributed by atoms with Gasteiger partial charge in [0.1, 0.15) is 5.82 Å². The number of rotatable bonds is 4. The van der Waals surface area contributed by atoms with E-state index >= 15 is 0 Å². The van der Waals surface area contributed by atoms with Crippen LogP contribution in [0.1, 0.15) is 17.0 Å². The molecular formula is C19H18N6. The monoisotopic (exact) mass is 330 g/mol. The van der Waals surface area contributed by atoms with Gasteiger partial charge in [-0.25, -0.2) is 4.98 Å². The number of fused-ring (bicyclic) bond motifs is 1. The van der Waals surface area contributed by atoms with Crippen LogP contribution in [0.2, 0.25) is 0 Å². The number of anilines is 1. The molecule has 0 saturated carbocycles. The Morgan fingerprint density at radius 2 is 1.80 bits per heavy atom. The second-order valence-electron chi connectivity index (χ2n) is 5.85. The molecule has 0 amide bonds. The van der Waals surface area contributed by atoms with Gasteiger partial charge in [-0.05, 0) is 38.1 Å². The summed E-state index contributed by atoms with van der Waals surface area (Å²) in [6.45, 7) is 4.68. The van der Waals surface area contributed by atoms with Crippen LogP contribution in [0.15, 0.2) is 55.0 Å². The van der Waals surface area contributed by atoms with Gasteiger partial charge in [0, 0.05) is 23.7 Å². The normalized spacial score (nSPS) is 11.0. The number of nitrogens with zero attached hydrogens (tertiary/aromatic N) is 5. The molecule has 6 heteroatoms. The summed E-state index contributed by atoms with van der Waals surface area (Å²) in [7, 11) is 0. The molecular weight excluding hydrogens is 312 g/mol. The summed E-state index contributed by atoms with van der Waals surface area (Å²) in [6.07, 6.45) is 5.39. The zero-order valence-electron chi connectivity index (χ0n) is 14.1. The fourth-order valence-electron chi connectivity index (χ4n) is 2.77. The van der Waals surface area contributed by atoms with E-state index in [9.17, 15) is 0 Å². The maximum absolute atomic E-state index is 4.73. The topological polar surface area (TPSA) is 68.0 Å². The minimum atomic E-state index is 0.624. The fourth-order valence-corrected chi connectivity index (χ4v) is 2.77. The average molecular weight is 330 g/mol. The zero-order valence-corrected chi connectivity index (χ0v) is 14.1. The van der Waals surface area contributed by atoms with Gasteiger partial charge in [-0.1, -0.05) is 12.1 Å². The van der Waals surface area contributed by atoms with Crippen LogP contribution < -0.4 is 5.32 Å². The maximum atomic E-state index is 4.73. The molecule has 25 heavy (non-hydrogen) atoms. The van der Waals surface area contributed by atoms with Crippen LogP contribution in [-0.4, -0.2) is 24.6 Å². The Hall–Kier alpha value is -3.28.